The summed E-state index contributed by atoms with van der Waals surface area (Å²) in [6.45, 7) is 2.22. The Morgan fingerprint density at radius 3 is 2.73 bits per heavy atom. The first-order chi connectivity index (χ1) is 10.4. The summed E-state index contributed by atoms with van der Waals surface area (Å²) >= 11 is 0. The molecular weight excluding hydrogens is 290 g/mol. The zero-order valence-electron chi connectivity index (χ0n) is 12.5. The molecular formula is C16H20F2N2O2. The third-order valence-electron chi connectivity index (χ3n) is 4.24. The van der Waals surface area contributed by atoms with Crippen LogP contribution in [0.3, 0.4) is 0 Å². The van der Waals surface area contributed by atoms with Gasteiger partial charge in [-0.3, -0.25) is 9.59 Å². The monoisotopic (exact) mass is 310 g/mol. The number of halogens is 2. The zero-order chi connectivity index (χ0) is 16.3. The van der Waals surface area contributed by atoms with E-state index in [1.165, 1.54) is 12.1 Å². The molecule has 1 saturated heterocycles. The standard InChI is InChI=1S/C16H20F2N2O2/c1-10-5-6-12(16(19)22)9-20(10)14(21)8-7-11-3-2-4-13(17)15(11)18/h2-4,10,12H,5-9H2,1H3,(H2,19,22)/t10-,12-/m0/s1. The highest BCUT2D eigenvalue weighted by atomic mass is 19.2. The number of primary amides is 1. The van der Waals surface area contributed by atoms with Gasteiger partial charge in [-0.05, 0) is 37.8 Å². The Labute approximate surface area is 128 Å². The molecule has 2 N–H and O–H groups in total. The van der Waals surface area contributed by atoms with Gasteiger partial charge in [0.25, 0.3) is 0 Å². The van der Waals surface area contributed by atoms with Gasteiger partial charge < -0.3 is 10.6 Å². The van der Waals surface area contributed by atoms with Crippen LogP contribution in [0.5, 0.6) is 0 Å². The van der Waals surface area contributed by atoms with E-state index in [0.717, 1.165) is 6.07 Å². The smallest absolute Gasteiger partial charge is 0.223 e. The van der Waals surface area contributed by atoms with Gasteiger partial charge in [0.2, 0.25) is 11.8 Å². The zero-order valence-corrected chi connectivity index (χ0v) is 12.5. The number of aryl methyl sites for hydroxylation is 1. The van der Waals surface area contributed by atoms with E-state index in [2.05, 4.69) is 0 Å². The maximum Gasteiger partial charge on any atom is 0.223 e. The van der Waals surface area contributed by atoms with Crippen molar-refractivity contribution in [2.75, 3.05) is 6.54 Å². The number of hydrogen-bond donors (Lipinski definition) is 1. The number of amides is 2. The van der Waals surface area contributed by atoms with Gasteiger partial charge in [0.15, 0.2) is 11.6 Å². The minimum Gasteiger partial charge on any atom is -0.369 e. The van der Waals surface area contributed by atoms with Crippen molar-refractivity contribution in [1.29, 1.82) is 0 Å². The maximum atomic E-state index is 13.6. The molecule has 22 heavy (non-hydrogen) atoms. The molecule has 0 bridgehead atoms. The van der Waals surface area contributed by atoms with E-state index >= 15 is 0 Å². The Morgan fingerprint density at radius 1 is 1.32 bits per heavy atom. The number of benzene rings is 1. The van der Waals surface area contributed by atoms with Crippen molar-refractivity contribution in [2.24, 2.45) is 11.7 Å². The van der Waals surface area contributed by atoms with E-state index in [1.807, 2.05) is 6.92 Å². The van der Waals surface area contributed by atoms with Crippen LogP contribution >= 0.6 is 0 Å². The molecule has 120 valence electrons. The van der Waals surface area contributed by atoms with Crippen molar-refractivity contribution in [3.05, 3.63) is 35.4 Å². The third kappa shape index (κ3) is 3.61. The van der Waals surface area contributed by atoms with E-state index in [-0.39, 0.29) is 36.3 Å². The largest absolute Gasteiger partial charge is 0.369 e. The van der Waals surface area contributed by atoms with Crippen LogP contribution in [-0.4, -0.2) is 29.3 Å². The van der Waals surface area contributed by atoms with Gasteiger partial charge in [-0.2, -0.15) is 0 Å². The van der Waals surface area contributed by atoms with Gasteiger partial charge in [0.05, 0.1) is 5.92 Å². The highest BCUT2D eigenvalue weighted by Crippen LogP contribution is 2.23. The van der Waals surface area contributed by atoms with Gasteiger partial charge in [-0.25, -0.2) is 8.78 Å². The molecule has 1 heterocycles. The molecule has 2 atom stereocenters. The van der Waals surface area contributed by atoms with E-state index in [9.17, 15) is 18.4 Å². The van der Waals surface area contributed by atoms with Crippen molar-refractivity contribution in [3.8, 4) is 0 Å². The van der Waals surface area contributed by atoms with Crippen LogP contribution in [0.25, 0.3) is 0 Å². The van der Waals surface area contributed by atoms with Gasteiger partial charge in [0.1, 0.15) is 0 Å². The third-order valence-corrected chi connectivity index (χ3v) is 4.24. The number of likely N-dealkylation sites (tertiary alicyclic amines) is 1. The summed E-state index contributed by atoms with van der Waals surface area (Å²) < 4.78 is 26.7. The number of nitrogens with zero attached hydrogens (tertiary/aromatic N) is 1. The fourth-order valence-electron chi connectivity index (χ4n) is 2.81. The number of piperidine rings is 1. The Hall–Kier alpha value is -1.98. The SMILES string of the molecule is C[C@H]1CC[C@H](C(N)=O)CN1C(=O)CCc1cccc(F)c1F. The van der Waals surface area contributed by atoms with Gasteiger partial charge in [0, 0.05) is 19.0 Å². The first-order valence-corrected chi connectivity index (χ1v) is 7.41. The predicted molar refractivity (Wildman–Crippen MR) is 77.8 cm³/mol. The first-order valence-electron chi connectivity index (χ1n) is 7.41. The second kappa shape index (κ2) is 6.85. The summed E-state index contributed by atoms with van der Waals surface area (Å²) in [6.07, 6.45) is 1.61. The van der Waals surface area contributed by atoms with Crippen LogP contribution in [0.1, 0.15) is 31.7 Å². The second-order valence-electron chi connectivity index (χ2n) is 5.78. The van der Waals surface area contributed by atoms with Crippen LogP contribution in [-0.2, 0) is 16.0 Å². The van der Waals surface area contributed by atoms with Crippen LogP contribution in [0.4, 0.5) is 8.78 Å². The lowest BCUT2D eigenvalue weighted by atomic mass is 9.92. The van der Waals surface area contributed by atoms with Crippen LogP contribution < -0.4 is 5.73 Å². The molecule has 2 amide bonds. The average Bonchev–Trinajstić information content (AvgIpc) is 2.48. The van der Waals surface area contributed by atoms with Crippen molar-refractivity contribution in [2.45, 2.75) is 38.6 Å². The Kier molecular flexibility index (Phi) is 5.11. The highest BCUT2D eigenvalue weighted by molar-refractivity contribution is 5.80. The molecule has 1 aliphatic rings. The van der Waals surface area contributed by atoms with Crippen molar-refractivity contribution in [3.63, 3.8) is 0 Å². The number of carbonyl (C=O) groups excluding carboxylic acids is 2. The minimum atomic E-state index is -0.912. The Morgan fingerprint density at radius 2 is 2.05 bits per heavy atom. The normalized spacial score (nSPS) is 21.7. The minimum absolute atomic E-state index is 0.0282. The lowest BCUT2D eigenvalue weighted by Gasteiger charge is -2.37. The molecule has 0 aliphatic carbocycles. The molecule has 0 unspecified atom stereocenters. The van der Waals surface area contributed by atoms with Gasteiger partial charge >= 0.3 is 0 Å². The first kappa shape index (κ1) is 16.4. The Bertz CT molecular complexity index is 577. The summed E-state index contributed by atoms with van der Waals surface area (Å²) in [5.41, 5.74) is 5.49. The molecule has 2 rings (SSSR count). The number of rotatable bonds is 4. The number of nitrogens with two attached hydrogens (primary N) is 1. The molecule has 6 heteroatoms. The summed E-state index contributed by atoms with van der Waals surface area (Å²) in [7, 11) is 0. The van der Waals surface area contributed by atoms with Crippen molar-refractivity contribution >= 4 is 11.8 Å². The molecule has 1 aliphatic heterocycles. The van der Waals surface area contributed by atoms with E-state index in [1.54, 1.807) is 4.90 Å². The molecule has 0 saturated carbocycles. The number of hydrogen-bond acceptors (Lipinski definition) is 2. The lowest BCUT2D eigenvalue weighted by Crippen LogP contribution is -2.48. The molecule has 1 aromatic rings. The molecule has 0 radical (unpaired) electrons. The van der Waals surface area contributed by atoms with Crippen LogP contribution in [0, 0.1) is 17.6 Å². The van der Waals surface area contributed by atoms with Crippen LogP contribution in [0.2, 0.25) is 0 Å². The second-order valence-corrected chi connectivity index (χ2v) is 5.78. The van der Waals surface area contributed by atoms with Gasteiger partial charge in [-0.15, -0.1) is 0 Å². The molecule has 0 aromatic heterocycles. The van der Waals surface area contributed by atoms with Crippen LogP contribution in [0.15, 0.2) is 18.2 Å². The van der Waals surface area contributed by atoms with E-state index < -0.39 is 17.5 Å². The van der Waals surface area contributed by atoms with Crippen molar-refractivity contribution in [1.82, 2.24) is 4.90 Å². The fourth-order valence-corrected chi connectivity index (χ4v) is 2.81. The highest BCUT2D eigenvalue weighted by Gasteiger charge is 2.31. The average molecular weight is 310 g/mol. The van der Waals surface area contributed by atoms with Gasteiger partial charge in [-0.1, -0.05) is 12.1 Å². The Balaban J connectivity index is 1.99. The predicted octanol–water partition coefficient (Wildman–Crippen LogP) is 2.01. The fraction of sp³-hybridized carbons (Fsp3) is 0.500. The summed E-state index contributed by atoms with van der Waals surface area (Å²) in [5.74, 6) is -2.71. The lowest BCUT2D eigenvalue weighted by molar-refractivity contribution is -0.137. The summed E-state index contributed by atoms with van der Waals surface area (Å²) in [5, 5.41) is 0. The maximum absolute atomic E-state index is 13.6. The van der Waals surface area contributed by atoms with E-state index in [4.69, 9.17) is 5.73 Å². The quantitative estimate of drug-likeness (QED) is 0.924. The number of carbonyl (C=O) groups is 2. The van der Waals surface area contributed by atoms with E-state index in [0.29, 0.717) is 19.4 Å². The molecule has 0 spiro atoms. The molecule has 4 nitrogen and oxygen atoms in total. The summed E-state index contributed by atoms with van der Waals surface area (Å²) in [6, 6.07) is 3.97. The molecule has 1 fully saturated rings. The van der Waals surface area contributed by atoms with Crippen molar-refractivity contribution < 1.29 is 18.4 Å². The molecule has 1 aromatic carbocycles. The topological polar surface area (TPSA) is 63.4 Å². The summed E-state index contributed by atoms with van der Waals surface area (Å²) in [4.78, 5) is 25.2.